The lowest BCUT2D eigenvalue weighted by molar-refractivity contribution is -0.127. The molecular formula is C7H15N3O. The summed E-state index contributed by atoms with van der Waals surface area (Å²) in [5, 5.41) is 3.03. The van der Waals surface area contributed by atoms with E-state index in [0.29, 0.717) is 0 Å². The van der Waals surface area contributed by atoms with Crippen LogP contribution in [0.4, 0.5) is 0 Å². The van der Waals surface area contributed by atoms with E-state index in [1.54, 1.807) is 0 Å². The fraction of sp³-hybridized carbons (Fsp3) is 0.857. The second-order valence-electron chi connectivity index (χ2n) is 2.85. The Balaban J connectivity index is 2.20. The van der Waals surface area contributed by atoms with Gasteiger partial charge in [0.2, 0.25) is 5.91 Å². The molecule has 11 heavy (non-hydrogen) atoms. The molecule has 0 radical (unpaired) electrons. The minimum atomic E-state index is -0.188. The molecule has 0 saturated carbocycles. The molecule has 1 amide bonds. The lowest BCUT2D eigenvalue weighted by atomic mass is 10.0. The van der Waals surface area contributed by atoms with Crippen molar-refractivity contribution in [2.75, 3.05) is 26.7 Å². The molecule has 3 N–H and O–H groups in total. The second-order valence-corrected chi connectivity index (χ2v) is 2.85. The largest absolute Gasteiger partial charge is 0.368 e. The standard InChI is InChI=1S/C7H15N3O/c1-9-3-5-10-4-2-6(10)7(8)11/h6,9H,2-5H2,1H3,(H2,8,11). The predicted molar refractivity (Wildman–Crippen MR) is 43.1 cm³/mol. The van der Waals surface area contributed by atoms with Gasteiger partial charge in [-0.2, -0.15) is 0 Å². The smallest absolute Gasteiger partial charge is 0.234 e. The molecule has 1 aliphatic heterocycles. The minimum absolute atomic E-state index is 0.00310. The van der Waals surface area contributed by atoms with E-state index in [0.717, 1.165) is 26.1 Å². The minimum Gasteiger partial charge on any atom is -0.368 e. The molecule has 0 aromatic rings. The molecule has 0 aliphatic carbocycles. The van der Waals surface area contributed by atoms with Crippen molar-refractivity contribution in [3.05, 3.63) is 0 Å². The summed E-state index contributed by atoms with van der Waals surface area (Å²) in [6.07, 6.45) is 0.930. The van der Waals surface area contributed by atoms with Gasteiger partial charge in [0, 0.05) is 19.6 Å². The van der Waals surface area contributed by atoms with Crippen molar-refractivity contribution in [2.24, 2.45) is 5.73 Å². The summed E-state index contributed by atoms with van der Waals surface area (Å²) < 4.78 is 0. The zero-order valence-corrected chi connectivity index (χ0v) is 6.84. The van der Waals surface area contributed by atoms with Gasteiger partial charge >= 0.3 is 0 Å². The number of likely N-dealkylation sites (N-methyl/N-ethyl adjacent to an activating group) is 1. The number of carbonyl (C=O) groups is 1. The first kappa shape index (κ1) is 8.49. The second kappa shape index (κ2) is 3.69. The number of nitrogens with one attached hydrogen (secondary N) is 1. The van der Waals surface area contributed by atoms with E-state index < -0.39 is 0 Å². The maximum Gasteiger partial charge on any atom is 0.234 e. The summed E-state index contributed by atoms with van der Waals surface area (Å²) in [4.78, 5) is 12.8. The van der Waals surface area contributed by atoms with E-state index in [9.17, 15) is 4.79 Å². The number of hydrogen-bond donors (Lipinski definition) is 2. The van der Waals surface area contributed by atoms with Crippen LogP contribution in [0.2, 0.25) is 0 Å². The van der Waals surface area contributed by atoms with Crippen LogP contribution in [0, 0.1) is 0 Å². The quantitative estimate of drug-likeness (QED) is 0.537. The number of primary amides is 1. The van der Waals surface area contributed by atoms with E-state index in [-0.39, 0.29) is 11.9 Å². The van der Waals surface area contributed by atoms with Crippen molar-refractivity contribution in [1.29, 1.82) is 0 Å². The number of nitrogens with zero attached hydrogens (tertiary/aromatic N) is 1. The molecule has 1 saturated heterocycles. The van der Waals surface area contributed by atoms with Gasteiger partial charge in [-0.05, 0) is 13.5 Å². The summed E-state index contributed by atoms with van der Waals surface area (Å²) in [5.41, 5.74) is 5.16. The van der Waals surface area contributed by atoms with Gasteiger partial charge in [0.1, 0.15) is 0 Å². The van der Waals surface area contributed by atoms with Crippen LogP contribution in [0.1, 0.15) is 6.42 Å². The topological polar surface area (TPSA) is 58.4 Å². The molecule has 1 unspecified atom stereocenters. The first-order valence-corrected chi connectivity index (χ1v) is 3.93. The molecule has 1 atom stereocenters. The van der Waals surface area contributed by atoms with Crippen LogP contribution in [0.3, 0.4) is 0 Å². The number of nitrogens with two attached hydrogens (primary N) is 1. The van der Waals surface area contributed by atoms with Gasteiger partial charge < -0.3 is 11.1 Å². The first-order chi connectivity index (χ1) is 5.25. The zero-order valence-electron chi connectivity index (χ0n) is 6.84. The fourth-order valence-corrected chi connectivity index (χ4v) is 1.29. The van der Waals surface area contributed by atoms with Crippen molar-refractivity contribution in [2.45, 2.75) is 12.5 Å². The van der Waals surface area contributed by atoms with Gasteiger partial charge in [-0.3, -0.25) is 9.69 Å². The van der Waals surface area contributed by atoms with Crippen LogP contribution in [0.15, 0.2) is 0 Å². The van der Waals surface area contributed by atoms with Crippen LogP contribution in [0.5, 0.6) is 0 Å². The molecular weight excluding hydrogens is 142 g/mol. The molecule has 0 spiro atoms. The molecule has 0 bridgehead atoms. The van der Waals surface area contributed by atoms with E-state index in [2.05, 4.69) is 10.2 Å². The van der Waals surface area contributed by atoms with Gasteiger partial charge in [0.25, 0.3) is 0 Å². The molecule has 4 nitrogen and oxygen atoms in total. The van der Waals surface area contributed by atoms with E-state index >= 15 is 0 Å². The van der Waals surface area contributed by atoms with Crippen LogP contribution < -0.4 is 11.1 Å². The molecule has 1 aliphatic rings. The third-order valence-electron chi connectivity index (χ3n) is 2.11. The highest BCUT2D eigenvalue weighted by molar-refractivity contribution is 5.80. The van der Waals surface area contributed by atoms with E-state index in [4.69, 9.17) is 5.73 Å². The Morgan fingerprint density at radius 1 is 1.82 bits per heavy atom. The molecule has 4 heteroatoms. The van der Waals surface area contributed by atoms with Crippen LogP contribution in [-0.4, -0.2) is 43.5 Å². The predicted octanol–water partition coefficient (Wildman–Crippen LogP) is -1.23. The van der Waals surface area contributed by atoms with Gasteiger partial charge in [-0.1, -0.05) is 0 Å². The van der Waals surface area contributed by atoms with Crippen molar-refractivity contribution < 1.29 is 4.79 Å². The Bertz CT molecular complexity index is 149. The highest BCUT2D eigenvalue weighted by Gasteiger charge is 2.31. The van der Waals surface area contributed by atoms with Gasteiger partial charge in [0.15, 0.2) is 0 Å². The number of carbonyl (C=O) groups excluding carboxylic acids is 1. The molecule has 1 heterocycles. The average molecular weight is 157 g/mol. The Labute approximate surface area is 66.7 Å². The highest BCUT2D eigenvalue weighted by Crippen LogP contribution is 2.15. The summed E-state index contributed by atoms with van der Waals surface area (Å²) in [6.45, 7) is 2.85. The maximum absolute atomic E-state index is 10.7. The zero-order chi connectivity index (χ0) is 8.27. The average Bonchev–Trinajstić information content (AvgIpc) is 1.84. The summed E-state index contributed by atoms with van der Waals surface area (Å²) in [5.74, 6) is -0.188. The SMILES string of the molecule is CNCCN1CCC1C(N)=O. The van der Waals surface area contributed by atoms with Gasteiger partial charge in [-0.15, -0.1) is 0 Å². The number of likely N-dealkylation sites (tertiary alicyclic amines) is 1. The monoisotopic (exact) mass is 157 g/mol. The third-order valence-corrected chi connectivity index (χ3v) is 2.11. The number of rotatable bonds is 4. The van der Waals surface area contributed by atoms with Crippen LogP contribution in [0.25, 0.3) is 0 Å². The van der Waals surface area contributed by atoms with Gasteiger partial charge in [-0.25, -0.2) is 0 Å². The lowest BCUT2D eigenvalue weighted by Gasteiger charge is -2.38. The molecule has 0 aromatic carbocycles. The molecule has 1 fully saturated rings. The summed E-state index contributed by atoms with van der Waals surface area (Å²) in [6, 6.07) is 0.00310. The molecule has 1 rings (SSSR count). The first-order valence-electron chi connectivity index (χ1n) is 3.93. The molecule has 0 aromatic heterocycles. The fourth-order valence-electron chi connectivity index (χ4n) is 1.29. The summed E-state index contributed by atoms with van der Waals surface area (Å²) in [7, 11) is 1.90. The highest BCUT2D eigenvalue weighted by atomic mass is 16.1. The van der Waals surface area contributed by atoms with Crippen molar-refractivity contribution in [3.8, 4) is 0 Å². The van der Waals surface area contributed by atoms with Gasteiger partial charge in [0.05, 0.1) is 6.04 Å². The van der Waals surface area contributed by atoms with Crippen molar-refractivity contribution >= 4 is 5.91 Å². The Hall–Kier alpha value is -0.610. The van der Waals surface area contributed by atoms with Crippen molar-refractivity contribution in [3.63, 3.8) is 0 Å². The normalized spacial score (nSPS) is 24.6. The maximum atomic E-state index is 10.7. The molecule has 64 valence electrons. The third kappa shape index (κ3) is 1.91. The van der Waals surface area contributed by atoms with Crippen molar-refractivity contribution in [1.82, 2.24) is 10.2 Å². The number of hydrogen-bond acceptors (Lipinski definition) is 3. The van der Waals surface area contributed by atoms with E-state index in [1.807, 2.05) is 7.05 Å². The van der Waals surface area contributed by atoms with Crippen LogP contribution >= 0.6 is 0 Å². The Kier molecular flexibility index (Phi) is 2.84. The number of amides is 1. The Morgan fingerprint density at radius 3 is 2.91 bits per heavy atom. The lowest BCUT2D eigenvalue weighted by Crippen LogP contribution is -2.56. The van der Waals surface area contributed by atoms with Crippen LogP contribution in [-0.2, 0) is 4.79 Å². The summed E-state index contributed by atoms with van der Waals surface area (Å²) >= 11 is 0. The van der Waals surface area contributed by atoms with E-state index in [1.165, 1.54) is 0 Å². The Morgan fingerprint density at radius 2 is 2.55 bits per heavy atom.